The number of nitrogens with one attached hydrogen (secondary N) is 1. The van der Waals surface area contributed by atoms with Crippen LogP contribution in [-0.2, 0) is 5.41 Å². The number of hydrogen-bond acceptors (Lipinski definition) is 3. The molecule has 4 heterocycles. The molecule has 0 aliphatic rings. The van der Waals surface area contributed by atoms with E-state index in [2.05, 4.69) is 55.9 Å². The Hall–Kier alpha value is -2.69. The fourth-order valence-corrected chi connectivity index (χ4v) is 3.83. The molecule has 25 heavy (non-hydrogen) atoms. The SMILES string of the molecule is Cc1ncc2c(C(C)C)c[nH]c2c1C(C)(C)c1cnc2cccnn12. The van der Waals surface area contributed by atoms with Crippen molar-refractivity contribution in [1.82, 2.24) is 24.6 Å². The lowest BCUT2D eigenvalue weighted by Gasteiger charge is -2.26. The van der Waals surface area contributed by atoms with E-state index >= 15 is 0 Å². The first kappa shape index (κ1) is 15.8. The number of rotatable bonds is 3. The van der Waals surface area contributed by atoms with Crippen LogP contribution in [0.15, 0.2) is 36.9 Å². The van der Waals surface area contributed by atoms with E-state index in [9.17, 15) is 0 Å². The summed E-state index contributed by atoms with van der Waals surface area (Å²) in [5.41, 5.74) is 6.32. The minimum absolute atomic E-state index is 0.288. The minimum atomic E-state index is -0.288. The van der Waals surface area contributed by atoms with Crippen molar-refractivity contribution in [2.45, 2.75) is 46.0 Å². The van der Waals surface area contributed by atoms with Gasteiger partial charge in [-0.15, -0.1) is 0 Å². The monoisotopic (exact) mass is 333 g/mol. The summed E-state index contributed by atoms with van der Waals surface area (Å²) in [6.07, 6.45) is 7.82. The van der Waals surface area contributed by atoms with Gasteiger partial charge in [-0.05, 0) is 44.4 Å². The molecule has 0 aliphatic carbocycles. The highest BCUT2D eigenvalue weighted by molar-refractivity contribution is 5.87. The number of nitrogens with zero attached hydrogens (tertiary/aromatic N) is 4. The maximum absolute atomic E-state index is 4.71. The number of aromatic nitrogens is 5. The van der Waals surface area contributed by atoms with Crippen molar-refractivity contribution in [3.8, 4) is 0 Å². The van der Waals surface area contributed by atoms with Gasteiger partial charge in [0.2, 0.25) is 0 Å². The zero-order chi connectivity index (χ0) is 17.8. The van der Waals surface area contributed by atoms with E-state index in [0.29, 0.717) is 5.92 Å². The molecule has 5 nitrogen and oxygen atoms in total. The first-order chi connectivity index (χ1) is 11.9. The van der Waals surface area contributed by atoms with Gasteiger partial charge in [0.05, 0.1) is 17.4 Å². The number of pyridine rings is 1. The molecule has 0 amide bonds. The fraction of sp³-hybridized carbons (Fsp3) is 0.350. The highest BCUT2D eigenvalue weighted by atomic mass is 15.3. The summed E-state index contributed by atoms with van der Waals surface area (Å²) < 4.78 is 1.92. The van der Waals surface area contributed by atoms with Gasteiger partial charge in [0.25, 0.3) is 0 Å². The van der Waals surface area contributed by atoms with Crippen LogP contribution in [0, 0.1) is 6.92 Å². The number of H-pyrrole nitrogens is 1. The molecule has 4 rings (SSSR count). The summed E-state index contributed by atoms with van der Waals surface area (Å²) in [7, 11) is 0. The third-order valence-electron chi connectivity index (χ3n) is 5.12. The van der Waals surface area contributed by atoms with Crippen molar-refractivity contribution in [2.24, 2.45) is 0 Å². The molecular weight excluding hydrogens is 310 g/mol. The Kier molecular flexibility index (Phi) is 3.42. The molecule has 0 unspecified atom stereocenters. The molecule has 5 heteroatoms. The van der Waals surface area contributed by atoms with Gasteiger partial charge >= 0.3 is 0 Å². The van der Waals surface area contributed by atoms with E-state index in [1.807, 2.05) is 29.0 Å². The summed E-state index contributed by atoms with van der Waals surface area (Å²) in [6, 6.07) is 3.89. The molecule has 4 aromatic heterocycles. The van der Waals surface area contributed by atoms with Crippen LogP contribution < -0.4 is 0 Å². The lowest BCUT2D eigenvalue weighted by atomic mass is 9.79. The van der Waals surface area contributed by atoms with E-state index in [1.165, 1.54) is 16.5 Å². The fourth-order valence-electron chi connectivity index (χ4n) is 3.83. The molecule has 1 N–H and O–H groups in total. The van der Waals surface area contributed by atoms with Crippen LogP contribution in [-0.4, -0.2) is 24.6 Å². The Morgan fingerprint density at radius 3 is 2.72 bits per heavy atom. The van der Waals surface area contributed by atoms with Gasteiger partial charge in [-0.3, -0.25) is 4.98 Å². The average molecular weight is 333 g/mol. The van der Waals surface area contributed by atoms with Gasteiger partial charge < -0.3 is 4.98 Å². The minimum Gasteiger partial charge on any atom is -0.361 e. The normalized spacial score (nSPS) is 12.6. The number of fused-ring (bicyclic) bond motifs is 2. The summed E-state index contributed by atoms with van der Waals surface area (Å²) >= 11 is 0. The molecule has 128 valence electrons. The van der Waals surface area contributed by atoms with E-state index in [0.717, 1.165) is 22.6 Å². The van der Waals surface area contributed by atoms with Crippen LogP contribution in [0.25, 0.3) is 16.6 Å². The molecule has 0 saturated heterocycles. The quantitative estimate of drug-likeness (QED) is 0.606. The number of hydrogen-bond donors (Lipinski definition) is 1. The van der Waals surface area contributed by atoms with Crippen LogP contribution in [0.4, 0.5) is 0 Å². The topological polar surface area (TPSA) is 58.9 Å². The van der Waals surface area contributed by atoms with Crippen molar-refractivity contribution in [3.05, 3.63) is 59.4 Å². The van der Waals surface area contributed by atoms with E-state index in [4.69, 9.17) is 4.98 Å². The summed E-state index contributed by atoms with van der Waals surface area (Å²) in [5, 5.41) is 5.70. The average Bonchev–Trinajstić information content (AvgIpc) is 3.18. The van der Waals surface area contributed by atoms with Gasteiger partial charge in [-0.1, -0.05) is 13.8 Å². The summed E-state index contributed by atoms with van der Waals surface area (Å²) in [5.74, 6) is 0.451. The largest absolute Gasteiger partial charge is 0.361 e. The van der Waals surface area contributed by atoms with E-state index in [-0.39, 0.29) is 5.41 Å². The second kappa shape index (κ2) is 5.41. The van der Waals surface area contributed by atoms with E-state index in [1.54, 1.807) is 6.20 Å². The van der Waals surface area contributed by atoms with Gasteiger partial charge in [-0.25, -0.2) is 9.50 Å². The molecule has 0 atom stereocenters. The highest BCUT2D eigenvalue weighted by Crippen LogP contribution is 2.38. The molecule has 0 spiro atoms. The molecule has 0 radical (unpaired) electrons. The number of imidazole rings is 1. The first-order valence-corrected chi connectivity index (χ1v) is 8.67. The number of aromatic amines is 1. The van der Waals surface area contributed by atoms with Crippen LogP contribution in [0.2, 0.25) is 0 Å². The second-order valence-electron chi connectivity index (χ2n) is 7.47. The van der Waals surface area contributed by atoms with Gasteiger partial charge in [-0.2, -0.15) is 5.10 Å². The Balaban J connectivity index is 2.01. The van der Waals surface area contributed by atoms with Crippen LogP contribution in [0.3, 0.4) is 0 Å². The summed E-state index contributed by atoms with van der Waals surface area (Å²) in [4.78, 5) is 12.7. The lowest BCUT2D eigenvalue weighted by molar-refractivity contribution is 0.591. The Morgan fingerprint density at radius 1 is 1.16 bits per heavy atom. The van der Waals surface area contributed by atoms with Crippen LogP contribution in [0.1, 0.15) is 56.1 Å². The van der Waals surface area contributed by atoms with Crippen molar-refractivity contribution in [1.29, 1.82) is 0 Å². The zero-order valence-corrected chi connectivity index (χ0v) is 15.3. The molecule has 0 bridgehead atoms. The van der Waals surface area contributed by atoms with E-state index < -0.39 is 0 Å². The highest BCUT2D eigenvalue weighted by Gasteiger charge is 2.32. The van der Waals surface area contributed by atoms with Gasteiger partial charge in [0.15, 0.2) is 5.65 Å². The number of aryl methyl sites for hydroxylation is 1. The smallest absolute Gasteiger partial charge is 0.153 e. The molecule has 4 aromatic rings. The lowest BCUT2D eigenvalue weighted by Crippen LogP contribution is -2.24. The maximum Gasteiger partial charge on any atom is 0.153 e. The van der Waals surface area contributed by atoms with Crippen molar-refractivity contribution in [2.75, 3.05) is 0 Å². The molecular formula is C20H23N5. The maximum atomic E-state index is 4.71. The third kappa shape index (κ3) is 2.26. The van der Waals surface area contributed by atoms with Crippen LogP contribution >= 0.6 is 0 Å². The summed E-state index contributed by atoms with van der Waals surface area (Å²) in [6.45, 7) is 10.9. The van der Waals surface area contributed by atoms with Crippen molar-refractivity contribution < 1.29 is 0 Å². The third-order valence-corrected chi connectivity index (χ3v) is 5.12. The standard InChI is InChI=1S/C20H23N5/c1-12(2)14-9-23-19-15(14)10-21-13(3)18(19)20(4,5)16-11-22-17-7-6-8-24-25(16)17/h6-12,23H,1-5H3. The Bertz CT molecular complexity index is 1070. The Morgan fingerprint density at radius 2 is 1.96 bits per heavy atom. The zero-order valence-electron chi connectivity index (χ0n) is 15.3. The van der Waals surface area contributed by atoms with Crippen LogP contribution in [0.5, 0.6) is 0 Å². The molecule has 0 aliphatic heterocycles. The molecule has 0 aromatic carbocycles. The van der Waals surface area contributed by atoms with Gasteiger partial charge in [0.1, 0.15) is 0 Å². The molecule has 0 fully saturated rings. The molecule has 0 saturated carbocycles. The van der Waals surface area contributed by atoms with Crippen molar-refractivity contribution >= 4 is 16.6 Å². The first-order valence-electron chi connectivity index (χ1n) is 8.67. The predicted molar refractivity (Wildman–Crippen MR) is 100 cm³/mol. The predicted octanol–water partition coefficient (Wildman–Crippen LogP) is 4.36. The van der Waals surface area contributed by atoms with Crippen molar-refractivity contribution in [3.63, 3.8) is 0 Å². The van der Waals surface area contributed by atoms with Gasteiger partial charge in [0, 0.05) is 40.6 Å². The second-order valence-corrected chi connectivity index (χ2v) is 7.47. The Labute approximate surface area is 147 Å².